The van der Waals surface area contributed by atoms with Crippen LogP contribution in [-0.4, -0.2) is 31.5 Å². The van der Waals surface area contributed by atoms with Crippen molar-refractivity contribution < 1.29 is 4.79 Å². The van der Waals surface area contributed by atoms with Gasteiger partial charge in [0.15, 0.2) is 0 Å². The molecule has 0 radical (unpaired) electrons. The smallest absolute Gasteiger partial charge is 0.221 e. The Morgan fingerprint density at radius 3 is 2.60 bits per heavy atom. The first-order valence-electron chi connectivity index (χ1n) is 5.26. The van der Waals surface area contributed by atoms with Crippen LogP contribution in [-0.2, 0) is 4.79 Å². The second-order valence-corrected chi connectivity index (χ2v) is 3.00. The number of aliphatic imine (C=N–C) groups is 1. The van der Waals surface area contributed by atoms with Crippen LogP contribution < -0.4 is 21.9 Å². The fraction of sp³-hybridized carbons (Fsp3) is 0.778. The van der Waals surface area contributed by atoms with Crippen molar-refractivity contribution in [3.05, 3.63) is 0 Å². The molecule has 0 aromatic heterocycles. The van der Waals surface area contributed by atoms with Crippen LogP contribution in [0.4, 0.5) is 0 Å². The molecule has 0 rings (SSSR count). The van der Waals surface area contributed by atoms with Gasteiger partial charge < -0.3 is 10.6 Å². The maximum Gasteiger partial charge on any atom is 0.221 e. The molecule has 15 heavy (non-hydrogen) atoms. The molecule has 0 aliphatic heterocycles. The Labute approximate surface area is 90.7 Å². The van der Waals surface area contributed by atoms with Gasteiger partial charge in [-0.15, -0.1) is 0 Å². The molecule has 0 atom stereocenters. The second-order valence-electron chi connectivity index (χ2n) is 3.00. The average Bonchev–Trinajstić information content (AvgIpc) is 2.23. The molecule has 5 N–H and O–H groups in total. The van der Waals surface area contributed by atoms with Gasteiger partial charge in [0.25, 0.3) is 0 Å². The van der Waals surface area contributed by atoms with Crippen molar-refractivity contribution in [2.24, 2.45) is 10.8 Å². The first-order valence-corrected chi connectivity index (χ1v) is 5.26. The fourth-order valence-corrected chi connectivity index (χ4v) is 0.956. The van der Waals surface area contributed by atoms with Gasteiger partial charge in [-0.05, 0) is 13.3 Å². The zero-order valence-corrected chi connectivity index (χ0v) is 9.47. The maximum atomic E-state index is 11.1. The lowest BCUT2D eigenvalue weighted by Crippen LogP contribution is -2.43. The van der Waals surface area contributed by atoms with Crippen LogP contribution in [0.15, 0.2) is 4.99 Å². The van der Waals surface area contributed by atoms with E-state index in [1.54, 1.807) is 0 Å². The number of hydrogen-bond donors (Lipinski definition) is 4. The minimum Gasteiger partial charge on any atom is -0.356 e. The van der Waals surface area contributed by atoms with Gasteiger partial charge in [0.05, 0.1) is 0 Å². The molecule has 1 amide bonds. The van der Waals surface area contributed by atoms with E-state index in [9.17, 15) is 4.79 Å². The van der Waals surface area contributed by atoms with E-state index in [0.29, 0.717) is 32.0 Å². The number of amides is 1. The predicted molar refractivity (Wildman–Crippen MR) is 61.2 cm³/mol. The second kappa shape index (κ2) is 9.26. The van der Waals surface area contributed by atoms with Gasteiger partial charge in [-0.1, -0.05) is 6.92 Å². The topological polar surface area (TPSA) is 91.5 Å². The molecular weight excluding hydrogens is 194 g/mol. The minimum atomic E-state index is 0.0249. The van der Waals surface area contributed by atoms with Gasteiger partial charge in [0.1, 0.15) is 0 Å². The summed E-state index contributed by atoms with van der Waals surface area (Å²) in [5.41, 5.74) is 2.45. The van der Waals surface area contributed by atoms with Crippen molar-refractivity contribution in [2.45, 2.75) is 26.7 Å². The first kappa shape index (κ1) is 13.7. The molecule has 0 aliphatic carbocycles. The molecule has 0 spiro atoms. The minimum absolute atomic E-state index is 0.0249. The van der Waals surface area contributed by atoms with Gasteiger partial charge >= 0.3 is 0 Å². The van der Waals surface area contributed by atoms with Crippen molar-refractivity contribution in [2.75, 3.05) is 19.6 Å². The Balaban J connectivity index is 3.67. The number of nitrogens with one attached hydrogen (secondary N) is 3. The van der Waals surface area contributed by atoms with Crippen LogP contribution in [0.2, 0.25) is 0 Å². The number of guanidine groups is 1. The predicted octanol–water partition coefficient (Wildman–Crippen LogP) is -0.668. The molecule has 6 heteroatoms. The van der Waals surface area contributed by atoms with Crippen molar-refractivity contribution in [1.29, 1.82) is 0 Å². The lowest BCUT2D eigenvalue weighted by atomic mass is 10.4. The molecular formula is C9H21N5O. The number of rotatable bonds is 6. The molecule has 88 valence electrons. The average molecular weight is 215 g/mol. The molecule has 0 saturated heterocycles. The summed E-state index contributed by atoms with van der Waals surface area (Å²) >= 11 is 0. The highest BCUT2D eigenvalue weighted by atomic mass is 16.1. The number of nitrogens with two attached hydrogens (primary N) is 1. The summed E-state index contributed by atoms with van der Waals surface area (Å²) in [6.45, 7) is 5.82. The van der Waals surface area contributed by atoms with E-state index in [-0.39, 0.29) is 5.91 Å². The summed E-state index contributed by atoms with van der Waals surface area (Å²) in [5, 5.41) is 5.66. The molecule has 0 aromatic carbocycles. The maximum absolute atomic E-state index is 11.1. The lowest BCUT2D eigenvalue weighted by molar-refractivity contribution is -0.120. The van der Waals surface area contributed by atoms with Gasteiger partial charge in [0.2, 0.25) is 11.9 Å². The third kappa shape index (κ3) is 7.75. The summed E-state index contributed by atoms with van der Waals surface area (Å²) in [7, 11) is 0. The quantitative estimate of drug-likeness (QED) is 0.205. The van der Waals surface area contributed by atoms with Crippen molar-refractivity contribution >= 4 is 11.9 Å². The van der Waals surface area contributed by atoms with E-state index in [1.165, 1.54) is 0 Å². The van der Waals surface area contributed by atoms with Gasteiger partial charge in [-0.3, -0.25) is 15.2 Å². The van der Waals surface area contributed by atoms with Gasteiger partial charge in [0, 0.05) is 26.1 Å². The Bertz CT molecular complexity index is 205. The Morgan fingerprint density at radius 2 is 2.07 bits per heavy atom. The van der Waals surface area contributed by atoms with Crippen molar-refractivity contribution in [3.8, 4) is 0 Å². The Hall–Kier alpha value is -1.30. The monoisotopic (exact) mass is 215 g/mol. The van der Waals surface area contributed by atoms with E-state index >= 15 is 0 Å². The molecule has 0 unspecified atom stereocenters. The Morgan fingerprint density at radius 1 is 1.33 bits per heavy atom. The molecule has 0 bridgehead atoms. The van der Waals surface area contributed by atoms with E-state index in [2.05, 4.69) is 21.1 Å². The number of carbonyl (C=O) groups excluding carboxylic acids is 1. The van der Waals surface area contributed by atoms with Crippen LogP contribution in [0.3, 0.4) is 0 Å². The molecule has 0 heterocycles. The van der Waals surface area contributed by atoms with Crippen LogP contribution in [0.5, 0.6) is 0 Å². The number of hydrogen-bond acceptors (Lipinski definition) is 3. The molecule has 6 nitrogen and oxygen atoms in total. The van der Waals surface area contributed by atoms with Gasteiger partial charge in [-0.25, -0.2) is 5.84 Å². The van der Waals surface area contributed by atoms with E-state index in [4.69, 9.17) is 5.84 Å². The van der Waals surface area contributed by atoms with Crippen LogP contribution in [0, 0.1) is 0 Å². The molecule has 0 aliphatic rings. The molecule has 0 aromatic rings. The number of nitrogens with zero attached hydrogens (tertiary/aromatic N) is 1. The zero-order valence-electron chi connectivity index (χ0n) is 9.47. The normalized spacial score (nSPS) is 11.0. The number of hydrazine groups is 1. The molecule has 0 fully saturated rings. The summed E-state index contributed by atoms with van der Waals surface area (Å²) in [4.78, 5) is 15.2. The summed E-state index contributed by atoms with van der Waals surface area (Å²) < 4.78 is 0. The summed E-state index contributed by atoms with van der Waals surface area (Å²) in [6, 6.07) is 0. The van der Waals surface area contributed by atoms with Crippen molar-refractivity contribution in [1.82, 2.24) is 16.1 Å². The number of carbonyl (C=O) groups is 1. The SMILES string of the molecule is CCCN=C(NN)NCCC(=O)NCC. The molecule has 0 saturated carbocycles. The van der Waals surface area contributed by atoms with Crippen LogP contribution in [0.25, 0.3) is 0 Å². The lowest BCUT2D eigenvalue weighted by Gasteiger charge is -2.08. The van der Waals surface area contributed by atoms with Crippen LogP contribution in [0.1, 0.15) is 26.7 Å². The third-order valence-electron chi connectivity index (χ3n) is 1.65. The highest BCUT2D eigenvalue weighted by Gasteiger charge is 1.99. The highest BCUT2D eigenvalue weighted by Crippen LogP contribution is 1.80. The van der Waals surface area contributed by atoms with E-state index in [0.717, 1.165) is 6.42 Å². The largest absolute Gasteiger partial charge is 0.356 e. The van der Waals surface area contributed by atoms with Crippen LogP contribution >= 0.6 is 0 Å². The van der Waals surface area contributed by atoms with Gasteiger partial charge in [-0.2, -0.15) is 0 Å². The van der Waals surface area contributed by atoms with E-state index < -0.39 is 0 Å². The third-order valence-corrected chi connectivity index (χ3v) is 1.65. The van der Waals surface area contributed by atoms with E-state index in [1.807, 2.05) is 13.8 Å². The summed E-state index contributed by atoms with van der Waals surface area (Å²) in [6.07, 6.45) is 1.38. The van der Waals surface area contributed by atoms with Crippen molar-refractivity contribution in [3.63, 3.8) is 0 Å². The standard InChI is InChI=1S/C9H21N5O/c1-3-6-12-9(14-10)13-7-5-8(15)11-4-2/h3-7,10H2,1-2H3,(H,11,15)(H2,12,13,14). The first-order chi connectivity index (χ1) is 7.24. The Kier molecular flexibility index (Phi) is 8.46. The zero-order chi connectivity index (χ0) is 11.5. The summed E-state index contributed by atoms with van der Waals surface area (Å²) in [5.74, 6) is 5.80. The highest BCUT2D eigenvalue weighted by molar-refractivity contribution is 5.80. The fourth-order valence-electron chi connectivity index (χ4n) is 0.956.